The molecule has 1 aliphatic heterocycles. The molecule has 0 bridgehead atoms. The third-order valence-corrected chi connectivity index (χ3v) is 4.35. The number of aliphatic hydroxyl groups is 1. The summed E-state index contributed by atoms with van der Waals surface area (Å²) in [5, 5.41) is 16.3. The number of amides is 1. The maximum absolute atomic E-state index is 12.3. The van der Waals surface area contributed by atoms with E-state index < -0.39 is 5.60 Å². The summed E-state index contributed by atoms with van der Waals surface area (Å²) in [5.74, 6) is -0.102. The molecule has 0 saturated carbocycles. The lowest BCUT2D eigenvalue weighted by atomic mass is 9.94. The molecule has 0 radical (unpaired) electrons. The van der Waals surface area contributed by atoms with Crippen molar-refractivity contribution in [1.82, 2.24) is 10.6 Å². The van der Waals surface area contributed by atoms with Gasteiger partial charge in [-0.2, -0.15) is 0 Å². The molecule has 1 heterocycles. The van der Waals surface area contributed by atoms with Gasteiger partial charge in [-0.05, 0) is 37.4 Å². The fraction of sp³-hybridized carbons (Fsp3) is 0.500. The Morgan fingerprint density at radius 2 is 2.24 bits per heavy atom. The summed E-state index contributed by atoms with van der Waals surface area (Å²) < 4.78 is 0. The smallest absolute Gasteiger partial charge is 0.251 e. The Hall–Kier alpha value is -1.72. The van der Waals surface area contributed by atoms with Crippen LogP contribution in [0.4, 0.5) is 0 Å². The number of hydrogen-bond acceptors (Lipinski definition) is 4. The van der Waals surface area contributed by atoms with Gasteiger partial charge in [-0.1, -0.05) is 12.1 Å². The van der Waals surface area contributed by atoms with Crippen molar-refractivity contribution < 1.29 is 14.7 Å². The Bertz CT molecular complexity index is 577. The number of hydrogen-bond donors (Lipinski definition) is 3. The molecule has 1 saturated heterocycles. The van der Waals surface area contributed by atoms with Crippen molar-refractivity contribution in [1.29, 1.82) is 0 Å². The van der Waals surface area contributed by atoms with Gasteiger partial charge < -0.3 is 15.7 Å². The van der Waals surface area contributed by atoms with E-state index in [2.05, 4.69) is 10.6 Å². The van der Waals surface area contributed by atoms with Gasteiger partial charge >= 0.3 is 0 Å². The highest BCUT2D eigenvalue weighted by Crippen LogP contribution is 2.25. The largest absolute Gasteiger partial charge is 0.387 e. The van der Waals surface area contributed by atoms with Crippen molar-refractivity contribution in [2.24, 2.45) is 0 Å². The van der Waals surface area contributed by atoms with Crippen LogP contribution in [0.15, 0.2) is 18.2 Å². The number of ketones is 1. The highest BCUT2D eigenvalue weighted by molar-refractivity contribution is 6.05. The Morgan fingerprint density at radius 3 is 3.00 bits per heavy atom. The molecule has 5 heteroatoms. The van der Waals surface area contributed by atoms with E-state index in [9.17, 15) is 14.7 Å². The number of β-amino-alcohol motifs (C(OH)–C–C–N with tert-alkyl or cyclic N) is 1. The summed E-state index contributed by atoms with van der Waals surface area (Å²) >= 11 is 0. The van der Waals surface area contributed by atoms with Crippen LogP contribution in [0, 0.1) is 0 Å². The molecule has 112 valence electrons. The first-order valence-corrected chi connectivity index (χ1v) is 7.45. The number of carbonyl (C=O) groups is 2. The van der Waals surface area contributed by atoms with Crippen LogP contribution in [-0.4, -0.2) is 42.0 Å². The van der Waals surface area contributed by atoms with Crippen LogP contribution in [0.2, 0.25) is 0 Å². The molecular formula is C16H20N2O3. The van der Waals surface area contributed by atoms with Gasteiger partial charge in [0.05, 0.1) is 5.60 Å². The summed E-state index contributed by atoms with van der Waals surface area (Å²) in [5.41, 5.74) is 1.20. The van der Waals surface area contributed by atoms with E-state index in [1.807, 2.05) is 0 Å². The molecular weight excluding hydrogens is 268 g/mol. The number of nitrogens with one attached hydrogen (secondary N) is 2. The quantitative estimate of drug-likeness (QED) is 0.763. The monoisotopic (exact) mass is 288 g/mol. The fourth-order valence-corrected chi connectivity index (χ4v) is 3.15. The fourth-order valence-electron chi connectivity index (χ4n) is 3.15. The SMILES string of the molecule is O=C1CCc2c1cccc2C(=O)NCC1(O)CCCNC1. The molecule has 1 amide bonds. The number of benzene rings is 1. The van der Waals surface area contributed by atoms with Gasteiger partial charge in [0.15, 0.2) is 5.78 Å². The highest BCUT2D eigenvalue weighted by atomic mass is 16.3. The average molecular weight is 288 g/mol. The molecule has 5 nitrogen and oxygen atoms in total. The van der Waals surface area contributed by atoms with Crippen LogP contribution in [0.25, 0.3) is 0 Å². The van der Waals surface area contributed by atoms with E-state index in [0.717, 1.165) is 18.5 Å². The second kappa shape index (κ2) is 5.58. The number of fused-ring (bicyclic) bond motifs is 1. The third-order valence-electron chi connectivity index (χ3n) is 4.35. The first-order valence-electron chi connectivity index (χ1n) is 7.45. The van der Waals surface area contributed by atoms with Gasteiger partial charge in [0.1, 0.15) is 0 Å². The highest BCUT2D eigenvalue weighted by Gasteiger charge is 2.30. The topological polar surface area (TPSA) is 78.4 Å². The molecule has 3 N–H and O–H groups in total. The minimum atomic E-state index is -0.873. The maximum Gasteiger partial charge on any atom is 0.251 e. The molecule has 0 aromatic heterocycles. The number of carbonyl (C=O) groups excluding carboxylic acids is 2. The molecule has 1 fully saturated rings. The van der Waals surface area contributed by atoms with Crippen molar-refractivity contribution in [3.05, 3.63) is 34.9 Å². The Labute approximate surface area is 123 Å². The number of Topliss-reactive ketones (excluding diaryl/α,β-unsaturated/α-hetero) is 1. The summed E-state index contributed by atoms with van der Waals surface area (Å²) in [6, 6.07) is 5.27. The van der Waals surface area contributed by atoms with Crippen molar-refractivity contribution in [2.75, 3.05) is 19.6 Å². The molecule has 1 unspecified atom stereocenters. The Morgan fingerprint density at radius 1 is 1.38 bits per heavy atom. The number of rotatable bonds is 3. The first kappa shape index (κ1) is 14.2. The summed E-state index contributed by atoms with van der Waals surface area (Å²) in [6.07, 6.45) is 2.70. The van der Waals surface area contributed by atoms with Gasteiger partial charge in [0.2, 0.25) is 0 Å². The van der Waals surface area contributed by atoms with Crippen molar-refractivity contribution in [3.63, 3.8) is 0 Å². The molecule has 1 aromatic rings. The van der Waals surface area contributed by atoms with E-state index in [1.165, 1.54) is 0 Å². The standard InChI is InChI=1S/C16H20N2O3/c19-14-6-5-11-12(14)3-1-4-13(11)15(20)18-10-16(21)7-2-8-17-9-16/h1,3-4,17,21H,2,5-10H2,(H,18,20). The first-order chi connectivity index (χ1) is 10.1. The second-order valence-electron chi connectivity index (χ2n) is 5.94. The molecule has 21 heavy (non-hydrogen) atoms. The molecule has 2 aliphatic rings. The lowest BCUT2D eigenvalue weighted by Crippen LogP contribution is -2.52. The molecule has 1 aliphatic carbocycles. The lowest BCUT2D eigenvalue weighted by Gasteiger charge is -2.32. The second-order valence-corrected chi connectivity index (χ2v) is 5.94. The Kier molecular flexibility index (Phi) is 3.78. The van der Waals surface area contributed by atoms with E-state index in [0.29, 0.717) is 36.9 Å². The van der Waals surface area contributed by atoms with Crippen LogP contribution < -0.4 is 10.6 Å². The van der Waals surface area contributed by atoms with Crippen LogP contribution >= 0.6 is 0 Å². The summed E-state index contributed by atoms with van der Waals surface area (Å²) in [6.45, 7) is 1.64. The van der Waals surface area contributed by atoms with Crippen molar-refractivity contribution in [2.45, 2.75) is 31.3 Å². The maximum atomic E-state index is 12.3. The molecule has 0 spiro atoms. The predicted molar refractivity (Wildman–Crippen MR) is 78.5 cm³/mol. The van der Waals surface area contributed by atoms with Crippen LogP contribution in [0.3, 0.4) is 0 Å². The van der Waals surface area contributed by atoms with Crippen molar-refractivity contribution in [3.8, 4) is 0 Å². The van der Waals surface area contributed by atoms with Gasteiger partial charge in [-0.25, -0.2) is 0 Å². The zero-order valence-corrected chi connectivity index (χ0v) is 11.9. The normalized spacial score (nSPS) is 24.7. The molecule has 1 aromatic carbocycles. The van der Waals surface area contributed by atoms with Crippen LogP contribution in [0.5, 0.6) is 0 Å². The zero-order chi connectivity index (χ0) is 14.9. The van der Waals surface area contributed by atoms with Crippen LogP contribution in [-0.2, 0) is 6.42 Å². The van der Waals surface area contributed by atoms with Gasteiger partial charge in [0.25, 0.3) is 5.91 Å². The third kappa shape index (κ3) is 2.84. The molecule has 3 rings (SSSR count). The van der Waals surface area contributed by atoms with E-state index in [4.69, 9.17) is 0 Å². The van der Waals surface area contributed by atoms with Crippen molar-refractivity contribution >= 4 is 11.7 Å². The van der Waals surface area contributed by atoms with E-state index in [-0.39, 0.29) is 18.2 Å². The summed E-state index contributed by atoms with van der Waals surface area (Å²) in [7, 11) is 0. The minimum Gasteiger partial charge on any atom is -0.387 e. The van der Waals surface area contributed by atoms with Gasteiger partial charge in [-0.15, -0.1) is 0 Å². The molecule has 1 atom stereocenters. The van der Waals surface area contributed by atoms with Gasteiger partial charge in [0, 0.05) is 30.6 Å². The zero-order valence-electron chi connectivity index (χ0n) is 11.9. The number of piperidine rings is 1. The van der Waals surface area contributed by atoms with Crippen LogP contribution in [0.1, 0.15) is 45.5 Å². The lowest BCUT2D eigenvalue weighted by molar-refractivity contribution is 0.0170. The van der Waals surface area contributed by atoms with Gasteiger partial charge in [-0.3, -0.25) is 9.59 Å². The average Bonchev–Trinajstić information content (AvgIpc) is 2.87. The predicted octanol–water partition coefficient (Wildman–Crippen LogP) is 0.660. The van der Waals surface area contributed by atoms with E-state index in [1.54, 1.807) is 18.2 Å². The minimum absolute atomic E-state index is 0.106. The van der Waals surface area contributed by atoms with E-state index >= 15 is 0 Å². The Balaban J connectivity index is 1.70. The summed E-state index contributed by atoms with van der Waals surface area (Å²) in [4.78, 5) is 24.1.